The SMILES string of the molecule is O=C(Oc1ccccc1)C(=O)C1CNCC2CCC(C(=O)O)N21. The monoisotopic (exact) mass is 318 g/mol. The molecule has 0 aromatic heterocycles. The molecule has 2 aliphatic rings. The Bertz CT molecular complexity index is 618. The summed E-state index contributed by atoms with van der Waals surface area (Å²) in [7, 11) is 0. The van der Waals surface area contributed by atoms with Crippen molar-refractivity contribution in [3.05, 3.63) is 30.3 Å². The normalized spacial score (nSPS) is 27.2. The molecule has 7 nitrogen and oxygen atoms in total. The van der Waals surface area contributed by atoms with E-state index in [1.807, 2.05) is 0 Å². The molecule has 1 aromatic carbocycles. The maximum absolute atomic E-state index is 12.5. The molecule has 2 aliphatic heterocycles. The van der Waals surface area contributed by atoms with E-state index in [0.29, 0.717) is 25.1 Å². The summed E-state index contributed by atoms with van der Waals surface area (Å²) in [4.78, 5) is 37.6. The van der Waals surface area contributed by atoms with Crippen LogP contribution in [0.4, 0.5) is 0 Å². The van der Waals surface area contributed by atoms with Crippen LogP contribution in [0.25, 0.3) is 0 Å². The highest BCUT2D eigenvalue weighted by molar-refractivity contribution is 6.36. The Kier molecular flexibility index (Phi) is 4.40. The number of hydrogen-bond acceptors (Lipinski definition) is 6. The van der Waals surface area contributed by atoms with Crippen LogP contribution >= 0.6 is 0 Å². The van der Waals surface area contributed by atoms with Crippen LogP contribution in [-0.4, -0.2) is 58.9 Å². The van der Waals surface area contributed by atoms with Crippen molar-refractivity contribution in [2.75, 3.05) is 13.1 Å². The van der Waals surface area contributed by atoms with Gasteiger partial charge in [0, 0.05) is 19.1 Å². The van der Waals surface area contributed by atoms with E-state index in [1.165, 1.54) is 0 Å². The molecule has 2 saturated heterocycles. The van der Waals surface area contributed by atoms with E-state index in [-0.39, 0.29) is 12.6 Å². The fourth-order valence-corrected chi connectivity index (χ4v) is 3.34. The predicted molar refractivity (Wildman–Crippen MR) is 80.0 cm³/mol. The average molecular weight is 318 g/mol. The molecule has 0 spiro atoms. The molecule has 3 atom stereocenters. The maximum atomic E-state index is 12.5. The number of rotatable bonds is 4. The summed E-state index contributed by atoms with van der Waals surface area (Å²) in [6, 6.07) is 6.79. The van der Waals surface area contributed by atoms with Crippen molar-refractivity contribution in [3.8, 4) is 5.75 Å². The molecule has 0 aliphatic carbocycles. The van der Waals surface area contributed by atoms with Gasteiger partial charge >= 0.3 is 11.9 Å². The minimum absolute atomic E-state index is 0.0386. The number of nitrogens with zero attached hydrogens (tertiary/aromatic N) is 1. The van der Waals surface area contributed by atoms with Gasteiger partial charge in [0.15, 0.2) is 0 Å². The first-order valence-electron chi connectivity index (χ1n) is 7.60. The lowest BCUT2D eigenvalue weighted by Crippen LogP contribution is -2.62. The Morgan fingerprint density at radius 1 is 1.09 bits per heavy atom. The quantitative estimate of drug-likeness (QED) is 0.460. The van der Waals surface area contributed by atoms with Crippen molar-refractivity contribution in [1.82, 2.24) is 10.2 Å². The van der Waals surface area contributed by atoms with E-state index >= 15 is 0 Å². The highest BCUT2D eigenvalue weighted by Crippen LogP contribution is 2.29. The van der Waals surface area contributed by atoms with Crippen LogP contribution in [-0.2, 0) is 14.4 Å². The summed E-state index contributed by atoms with van der Waals surface area (Å²) >= 11 is 0. The van der Waals surface area contributed by atoms with Crippen molar-refractivity contribution in [2.24, 2.45) is 0 Å². The zero-order valence-electron chi connectivity index (χ0n) is 12.5. The summed E-state index contributed by atoms with van der Waals surface area (Å²) in [6.45, 7) is 0.879. The molecular formula is C16H18N2O5. The van der Waals surface area contributed by atoms with Gasteiger partial charge in [-0.3, -0.25) is 14.5 Å². The van der Waals surface area contributed by atoms with E-state index in [1.54, 1.807) is 35.2 Å². The van der Waals surface area contributed by atoms with Gasteiger partial charge in [-0.1, -0.05) is 18.2 Å². The summed E-state index contributed by atoms with van der Waals surface area (Å²) in [6.07, 6.45) is 1.18. The lowest BCUT2D eigenvalue weighted by atomic mass is 10.0. The van der Waals surface area contributed by atoms with E-state index in [0.717, 1.165) is 0 Å². The fraction of sp³-hybridized carbons (Fsp3) is 0.438. The minimum Gasteiger partial charge on any atom is -0.480 e. The molecule has 2 heterocycles. The molecule has 3 unspecified atom stereocenters. The predicted octanol–water partition coefficient (Wildman–Crippen LogP) is 0.0505. The van der Waals surface area contributed by atoms with Crippen LogP contribution in [0.1, 0.15) is 12.8 Å². The van der Waals surface area contributed by atoms with Gasteiger partial charge in [-0.2, -0.15) is 0 Å². The maximum Gasteiger partial charge on any atom is 0.381 e. The van der Waals surface area contributed by atoms with E-state index < -0.39 is 29.8 Å². The smallest absolute Gasteiger partial charge is 0.381 e. The first-order valence-corrected chi connectivity index (χ1v) is 7.60. The van der Waals surface area contributed by atoms with Gasteiger partial charge in [-0.15, -0.1) is 0 Å². The van der Waals surface area contributed by atoms with Crippen LogP contribution in [0.5, 0.6) is 5.75 Å². The number of carbonyl (C=O) groups excluding carboxylic acids is 2. The molecule has 0 saturated carbocycles. The number of carboxylic acids is 1. The first kappa shape index (κ1) is 15.6. The number of ketones is 1. The Morgan fingerprint density at radius 3 is 2.52 bits per heavy atom. The second-order valence-electron chi connectivity index (χ2n) is 5.77. The number of benzene rings is 1. The number of aliphatic carboxylic acids is 1. The molecular weight excluding hydrogens is 300 g/mol. The molecule has 3 rings (SSSR count). The number of carboxylic acid groups (broad SMARTS) is 1. The summed E-state index contributed by atoms with van der Waals surface area (Å²) in [5, 5.41) is 12.4. The lowest BCUT2D eigenvalue weighted by Gasteiger charge is -2.38. The third-order valence-electron chi connectivity index (χ3n) is 4.38. The summed E-state index contributed by atoms with van der Waals surface area (Å²) < 4.78 is 5.08. The second kappa shape index (κ2) is 6.47. The van der Waals surface area contributed by atoms with Crippen LogP contribution in [0.2, 0.25) is 0 Å². The van der Waals surface area contributed by atoms with Gasteiger partial charge in [-0.05, 0) is 25.0 Å². The number of esters is 1. The van der Waals surface area contributed by atoms with E-state index in [4.69, 9.17) is 4.74 Å². The van der Waals surface area contributed by atoms with Gasteiger partial charge in [0.1, 0.15) is 11.8 Å². The van der Waals surface area contributed by atoms with Gasteiger partial charge < -0.3 is 15.2 Å². The standard InChI is InChI=1S/C16H18N2O5/c19-14(16(22)23-11-4-2-1-3-5-11)13-9-17-8-10-6-7-12(15(20)21)18(10)13/h1-5,10,12-13,17H,6-9H2,(H,20,21). The Labute approximate surface area is 133 Å². The second-order valence-corrected chi connectivity index (χ2v) is 5.77. The molecule has 1 aromatic rings. The number of piperazine rings is 1. The fourth-order valence-electron chi connectivity index (χ4n) is 3.34. The molecule has 122 valence electrons. The topological polar surface area (TPSA) is 95.9 Å². The van der Waals surface area contributed by atoms with Gasteiger partial charge in [0.2, 0.25) is 0 Å². The van der Waals surface area contributed by atoms with Crippen molar-refractivity contribution in [3.63, 3.8) is 0 Å². The lowest BCUT2D eigenvalue weighted by molar-refractivity contribution is -0.153. The van der Waals surface area contributed by atoms with Crippen molar-refractivity contribution in [1.29, 1.82) is 0 Å². The Morgan fingerprint density at radius 2 is 1.83 bits per heavy atom. The molecule has 0 amide bonds. The number of Topliss-reactive ketones (excluding diaryl/α,β-unsaturated/α-hetero) is 1. The van der Waals surface area contributed by atoms with Gasteiger partial charge in [0.05, 0.1) is 6.04 Å². The van der Waals surface area contributed by atoms with Crippen LogP contribution in [0.3, 0.4) is 0 Å². The molecule has 2 N–H and O–H groups in total. The number of fused-ring (bicyclic) bond motifs is 1. The largest absolute Gasteiger partial charge is 0.480 e. The van der Waals surface area contributed by atoms with Crippen molar-refractivity contribution >= 4 is 17.7 Å². The van der Waals surface area contributed by atoms with Crippen LogP contribution in [0, 0.1) is 0 Å². The molecule has 2 fully saturated rings. The third-order valence-corrected chi connectivity index (χ3v) is 4.38. The number of hydrogen-bond donors (Lipinski definition) is 2. The number of para-hydroxylation sites is 1. The average Bonchev–Trinajstić information content (AvgIpc) is 2.99. The zero-order chi connectivity index (χ0) is 16.4. The number of carbonyl (C=O) groups is 3. The van der Waals surface area contributed by atoms with Gasteiger partial charge in [0.25, 0.3) is 5.78 Å². The van der Waals surface area contributed by atoms with Crippen LogP contribution in [0.15, 0.2) is 30.3 Å². The van der Waals surface area contributed by atoms with Crippen molar-refractivity contribution in [2.45, 2.75) is 31.0 Å². The summed E-state index contributed by atoms with van der Waals surface area (Å²) in [5.41, 5.74) is 0. The Hall–Kier alpha value is -2.25. The Balaban J connectivity index is 1.74. The van der Waals surface area contributed by atoms with E-state index in [2.05, 4.69) is 5.32 Å². The number of ether oxygens (including phenoxy) is 1. The van der Waals surface area contributed by atoms with Gasteiger partial charge in [-0.25, -0.2) is 4.79 Å². The van der Waals surface area contributed by atoms with Crippen LogP contribution < -0.4 is 10.1 Å². The number of nitrogens with one attached hydrogen (secondary N) is 1. The highest BCUT2D eigenvalue weighted by atomic mass is 16.5. The molecule has 0 radical (unpaired) electrons. The zero-order valence-corrected chi connectivity index (χ0v) is 12.5. The van der Waals surface area contributed by atoms with Crippen molar-refractivity contribution < 1.29 is 24.2 Å². The molecule has 7 heteroatoms. The third kappa shape index (κ3) is 3.11. The summed E-state index contributed by atoms with van der Waals surface area (Å²) in [5.74, 6) is -2.33. The highest BCUT2D eigenvalue weighted by Gasteiger charge is 2.47. The first-order chi connectivity index (χ1) is 11.1. The molecule has 0 bridgehead atoms. The van der Waals surface area contributed by atoms with E-state index in [9.17, 15) is 19.5 Å². The minimum atomic E-state index is -0.959. The molecule has 23 heavy (non-hydrogen) atoms.